The molecule has 214 valence electrons. The molecule has 0 aliphatic rings. The van der Waals surface area contributed by atoms with Gasteiger partial charge in [0, 0.05) is 28.8 Å². The van der Waals surface area contributed by atoms with Crippen LogP contribution in [0.2, 0.25) is 0 Å². The van der Waals surface area contributed by atoms with Crippen molar-refractivity contribution in [2.75, 3.05) is 6.54 Å². The van der Waals surface area contributed by atoms with Crippen LogP contribution in [-0.2, 0) is 10.2 Å². The minimum atomic E-state index is -4.90. The number of carbonyl (C=O) groups excluding carboxylic acids is 3. The molecule has 10 heteroatoms. The van der Waals surface area contributed by atoms with Crippen LogP contribution in [0.1, 0.15) is 69.4 Å². The highest BCUT2D eigenvalue weighted by molar-refractivity contribution is 6.32. The summed E-state index contributed by atoms with van der Waals surface area (Å²) in [5, 5.41) is 11.2. The third-order valence-corrected chi connectivity index (χ3v) is 5.99. The van der Waals surface area contributed by atoms with Crippen LogP contribution in [0.15, 0.2) is 78.9 Å². The number of alkyl halides is 3. The molecule has 0 aromatic heterocycles. The van der Waals surface area contributed by atoms with Crippen LogP contribution in [0.25, 0.3) is 5.57 Å². The SMILES string of the molecule is CC(C)(C)c1ccc(C(=O)/C=C(/C(=O)c2ccc(C(=O)NCCC(=O)O)cc2)c2ccc(OC(F)(F)F)cc2)cc1. The van der Waals surface area contributed by atoms with Crippen LogP contribution in [0.3, 0.4) is 0 Å². The summed E-state index contributed by atoms with van der Waals surface area (Å²) < 4.78 is 41.8. The number of hydrogen-bond donors (Lipinski definition) is 2. The number of rotatable bonds is 10. The van der Waals surface area contributed by atoms with Gasteiger partial charge in [0.05, 0.1) is 6.42 Å². The number of amides is 1. The molecule has 0 aliphatic heterocycles. The molecule has 0 spiro atoms. The Bertz CT molecular complexity index is 1450. The maximum absolute atomic E-state index is 13.5. The molecule has 3 aromatic carbocycles. The van der Waals surface area contributed by atoms with Gasteiger partial charge >= 0.3 is 12.3 Å². The quantitative estimate of drug-likeness (QED) is 0.222. The lowest BCUT2D eigenvalue weighted by Crippen LogP contribution is -2.26. The van der Waals surface area contributed by atoms with Crippen molar-refractivity contribution in [3.05, 3.63) is 107 Å². The number of benzene rings is 3. The monoisotopic (exact) mass is 567 g/mol. The number of nitrogens with one attached hydrogen (secondary N) is 1. The fourth-order valence-corrected chi connectivity index (χ4v) is 3.78. The van der Waals surface area contributed by atoms with Crippen molar-refractivity contribution < 1.29 is 42.2 Å². The third-order valence-electron chi connectivity index (χ3n) is 5.99. The number of hydrogen-bond acceptors (Lipinski definition) is 5. The van der Waals surface area contributed by atoms with Gasteiger partial charge in [-0.15, -0.1) is 13.2 Å². The van der Waals surface area contributed by atoms with E-state index < -0.39 is 35.6 Å². The molecule has 0 unspecified atom stereocenters. The van der Waals surface area contributed by atoms with E-state index in [4.69, 9.17) is 5.11 Å². The Kier molecular flexibility index (Phi) is 9.49. The second kappa shape index (κ2) is 12.6. The maximum Gasteiger partial charge on any atom is 0.573 e. The Morgan fingerprint density at radius 3 is 1.80 bits per heavy atom. The van der Waals surface area contributed by atoms with Crippen LogP contribution in [0.5, 0.6) is 5.75 Å². The number of aliphatic carboxylic acids is 1. The summed E-state index contributed by atoms with van der Waals surface area (Å²) in [5.41, 5.74) is 1.58. The average Bonchev–Trinajstić information content (AvgIpc) is 2.90. The summed E-state index contributed by atoms with van der Waals surface area (Å²) in [4.78, 5) is 49.6. The summed E-state index contributed by atoms with van der Waals surface area (Å²) in [6, 6.07) is 16.9. The Hall–Kier alpha value is -4.73. The molecule has 3 rings (SSSR count). The predicted molar refractivity (Wildman–Crippen MR) is 146 cm³/mol. The van der Waals surface area contributed by atoms with Crippen molar-refractivity contribution in [2.24, 2.45) is 0 Å². The summed E-state index contributed by atoms with van der Waals surface area (Å²) in [6.07, 6.45) is -4.02. The first-order valence-corrected chi connectivity index (χ1v) is 12.5. The van der Waals surface area contributed by atoms with Crippen molar-refractivity contribution in [3.63, 3.8) is 0 Å². The minimum Gasteiger partial charge on any atom is -0.481 e. The zero-order chi connectivity index (χ0) is 30.4. The third kappa shape index (κ3) is 8.89. The van der Waals surface area contributed by atoms with Gasteiger partial charge in [-0.2, -0.15) is 0 Å². The first-order valence-electron chi connectivity index (χ1n) is 12.5. The molecule has 0 radical (unpaired) electrons. The maximum atomic E-state index is 13.5. The van der Waals surface area contributed by atoms with Crippen molar-refractivity contribution in [2.45, 2.75) is 39.0 Å². The second-order valence-corrected chi connectivity index (χ2v) is 10.1. The van der Waals surface area contributed by atoms with Crippen molar-refractivity contribution >= 4 is 29.0 Å². The van der Waals surface area contributed by atoms with E-state index in [1.165, 1.54) is 36.4 Å². The number of carbonyl (C=O) groups is 4. The highest BCUT2D eigenvalue weighted by atomic mass is 19.4. The Labute approximate surface area is 234 Å². The van der Waals surface area contributed by atoms with Crippen LogP contribution < -0.4 is 10.1 Å². The smallest absolute Gasteiger partial charge is 0.481 e. The molecular weight excluding hydrogens is 539 g/mol. The average molecular weight is 568 g/mol. The van der Waals surface area contributed by atoms with Crippen LogP contribution >= 0.6 is 0 Å². The van der Waals surface area contributed by atoms with Gasteiger partial charge in [-0.25, -0.2) is 0 Å². The molecule has 0 saturated heterocycles. The fraction of sp³-hybridized carbons (Fsp3) is 0.226. The number of Topliss-reactive ketones (excluding diaryl/α,β-unsaturated/α-hetero) is 1. The molecule has 41 heavy (non-hydrogen) atoms. The first kappa shape index (κ1) is 30.8. The Morgan fingerprint density at radius 2 is 1.29 bits per heavy atom. The van der Waals surface area contributed by atoms with Crippen LogP contribution in [0.4, 0.5) is 13.2 Å². The minimum absolute atomic E-state index is 0.0748. The molecule has 2 N–H and O–H groups in total. The molecule has 0 saturated carbocycles. The second-order valence-electron chi connectivity index (χ2n) is 10.1. The molecule has 0 bridgehead atoms. The Balaban J connectivity index is 1.94. The topological polar surface area (TPSA) is 110 Å². The van der Waals surface area contributed by atoms with E-state index in [0.29, 0.717) is 5.56 Å². The van der Waals surface area contributed by atoms with E-state index in [9.17, 15) is 32.3 Å². The summed E-state index contributed by atoms with van der Waals surface area (Å²) >= 11 is 0. The number of allylic oxidation sites excluding steroid dienone is 2. The van der Waals surface area contributed by atoms with Crippen molar-refractivity contribution in [1.82, 2.24) is 5.32 Å². The molecule has 0 aliphatic carbocycles. The largest absolute Gasteiger partial charge is 0.573 e. The van der Waals surface area contributed by atoms with E-state index >= 15 is 0 Å². The fourth-order valence-electron chi connectivity index (χ4n) is 3.78. The van der Waals surface area contributed by atoms with E-state index in [0.717, 1.165) is 23.8 Å². The van der Waals surface area contributed by atoms with Gasteiger partial charge in [0.1, 0.15) is 5.75 Å². The normalized spacial score (nSPS) is 12.0. The lowest BCUT2D eigenvalue weighted by molar-refractivity contribution is -0.274. The zero-order valence-electron chi connectivity index (χ0n) is 22.5. The van der Waals surface area contributed by atoms with Crippen LogP contribution in [0, 0.1) is 0 Å². The number of carboxylic acids is 1. The number of ketones is 2. The molecule has 0 atom stereocenters. The first-order chi connectivity index (χ1) is 19.1. The number of halogens is 3. The van der Waals surface area contributed by atoms with Crippen molar-refractivity contribution in [3.8, 4) is 5.75 Å². The van der Waals surface area contributed by atoms with Gasteiger partial charge in [-0.05, 0) is 46.9 Å². The predicted octanol–water partition coefficient (Wildman–Crippen LogP) is 6.24. The standard InChI is InChI=1S/C31H28F3NO6/c1-30(2,3)23-12-8-20(9-13-23)26(36)18-25(19-10-14-24(15-11-19)41-31(32,33)34)28(39)21-4-6-22(7-5-21)29(40)35-17-16-27(37)38/h4-15,18H,16-17H2,1-3H3,(H,35,40)(H,37,38)/b25-18+. The molecular formula is C31H28F3NO6. The molecule has 7 nitrogen and oxygen atoms in total. The number of carboxylic acid groups (broad SMARTS) is 1. The molecule has 0 fully saturated rings. The van der Waals surface area contributed by atoms with E-state index in [1.807, 2.05) is 32.9 Å². The summed E-state index contributed by atoms with van der Waals surface area (Å²) in [6.45, 7) is 6.00. The lowest BCUT2D eigenvalue weighted by Gasteiger charge is -2.18. The summed E-state index contributed by atoms with van der Waals surface area (Å²) in [5.74, 6) is -3.18. The molecule has 1 amide bonds. The van der Waals surface area contributed by atoms with Crippen molar-refractivity contribution in [1.29, 1.82) is 0 Å². The van der Waals surface area contributed by atoms with Gasteiger partial charge in [0.15, 0.2) is 11.6 Å². The number of ether oxygens (including phenoxy) is 1. The highest BCUT2D eigenvalue weighted by Gasteiger charge is 2.31. The highest BCUT2D eigenvalue weighted by Crippen LogP contribution is 2.28. The van der Waals surface area contributed by atoms with E-state index in [1.54, 1.807) is 12.1 Å². The Morgan fingerprint density at radius 1 is 0.780 bits per heavy atom. The molecule has 3 aromatic rings. The lowest BCUT2D eigenvalue weighted by atomic mass is 9.86. The van der Waals surface area contributed by atoms with Crippen LogP contribution in [-0.4, -0.2) is 41.5 Å². The van der Waals surface area contributed by atoms with Gasteiger partial charge < -0.3 is 15.2 Å². The van der Waals surface area contributed by atoms with E-state index in [-0.39, 0.29) is 40.6 Å². The van der Waals surface area contributed by atoms with Gasteiger partial charge in [0.2, 0.25) is 0 Å². The van der Waals surface area contributed by atoms with E-state index in [2.05, 4.69) is 10.1 Å². The van der Waals surface area contributed by atoms with Gasteiger partial charge in [0.25, 0.3) is 5.91 Å². The summed E-state index contributed by atoms with van der Waals surface area (Å²) in [7, 11) is 0. The molecule has 0 heterocycles. The van der Waals surface area contributed by atoms with Gasteiger partial charge in [-0.3, -0.25) is 19.2 Å². The zero-order valence-corrected chi connectivity index (χ0v) is 22.5. The van der Waals surface area contributed by atoms with Gasteiger partial charge in [-0.1, -0.05) is 69.3 Å².